The van der Waals surface area contributed by atoms with Crippen molar-refractivity contribution in [1.82, 2.24) is 35.4 Å². The SMILES string of the molecule is Cc1cc(Cn2nnc(-c3ccc4cnccc4c3)n2)c(F)cc1-c1nnc(C(F)F)o1. The fraction of sp³-hybridized carbons (Fsp3) is 0.143. The highest BCUT2D eigenvalue weighted by Crippen LogP contribution is 2.28. The van der Waals surface area contributed by atoms with Gasteiger partial charge in [-0.15, -0.1) is 20.4 Å². The Labute approximate surface area is 178 Å². The molecule has 8 nitrogen and oxygen atoms in total. The Hall–Kier alpha value is -4.15. The van der Waals surface area contributed by atoms with Crippen LogP contribution >= 0.6 is 0 Å². The fourth-order valence-corrected chi connectivity index (χ4v) is 3.33. The number of benzene rings is 2. The molecule has 5 aromatic rings. The third-order valence-corrected chi connectivity index (χ3v) is 4.91. The van der Waals surface area contributed by atoms with Crippen molar-refractivity contribution >= 4 is 10.8 Å². The minimum atomic E-state index is -2.90. The van der Waals surface area contributed by atoms with Crippen molar-refractivity contribution in [2.45, 2.75) is 19.9 Å². The summed E-state index contributed by atoms with van der Waals surface area (Å²) in [6, 6.07) is 10.3. The van der Waals surface area contributed by atoms with Crippen LogP contribution < -0.4 is 0 Å². The molecular formula is C21H14F3N7O. The van der Waals surface area contributed by atoms with Gasteiger partial charge in [-0.25, -0.2) is 4.39 Å². The van der Waals surface area contributed by atoms with Crippen molar-refractivity contribution in [3.05, 3.63) is 71.6 Å². The second kappa shape index (κ2) is 7.84. The van der Waals surface area contributed by atoms with Crippen LogP contribution in [0, 0.1) is 12.7 Å². The molecule has 0 spiro atoms. The van der Waals surface area contributed by atoms with Gasteiger partial charge in [0, 0.05) is 34.5 Å². The minimum absolute atomic E-state index is 0.0313. The average molecular weight is 437 g/mol. The molecule has 0 atom stereocenters. The predicted molar refractivity (Wildman–Crippen MR) is 107 cm³/mol. The number of hydrogen-bond acceptors (Lipinski definition) is 7. The lowest BCUT2D eigenvalue weighted by atomic mass is 10.0. The summed E-state index contributed by atoms with van der Waals surface area (Å²) in [6.07, 6.45) is 0.571. The summed E-state index contributed by atoms with van der Waals surface area (Å²) < 4.78 is 45.0. The zero-order chi connectivity index (χ0) is 22.2. The van der Waals surface area contributed by atoms with Crippen LogP contribution in [-0.4, -0.2) is 35.4 Å². The first kappa shape index (κ1) is 19.8. The van der Waals surface area contributed by atoms with Gasteiger partial charge < -0.3 is 4.42 Å². The summed E-state index contributed by atoms with van der Waals surface area (Å²) in [7, 11) is 0. The smallest absolute Gasteiger partial charge is 0.314 e. The Morgan fingerprint density at radius 1 is 1.03 bits per heavy atom. The van der Waals surface area contributed by atoms with E-state index in [9.17, 15) is 13.2 Å². The summed E-state index contributed by atoms with van der Waals surface area (Å²) in [4.78, 5) is 5.37. The van der Waals surface area contributed by atoms with Crippen LogP contribution in [0.2, 0.25) is 0 Å². The molecule has 3 heterocycles. The first-order chi connectivity index (χ1) is 15.5. The van der Waals surface area contributed by atoms with E-state index in [-0.39, 0.29) is 18.0 Å². The first-order valence-corrected chi connectivity index (χ1v) is 9.51. The number of pyridine rings is 1. The Bertz CT molecular complexity index is 1430. The second-order valence-electron chi connectivity index (χ2n) is 7.09. The van der Waals surface area contributed by atoms with E-state index in [0.29, 0.717) is 17.0 Å². The number of halogens is 3. The second-order valence-corrected chi connectivity index (χ2v) is 7.09. The molecule has 11 heteroatoms. The largest absolute Gasteiger partial charge is 0.415 e. The predicted octanol–water partition coefficient (Wildman–Crippen LogP) is 4.37. The maximum atomic E-state index is 14.7. The van der Waals surface area contributed by atoms with Crippen LogP contribution in [0.5, 0.6) is 0 Å². The molecular weight excluding hydrogens is 423 g/mol. The molecule has 32 heavy (non-hydrogen) atoms. The third-order valence-electron chi connectivity index (χ3n) is 4.91. The number of aryl methyl sites for hydroxylation is 1. The molecule has 0 amide bonds. The molecule has 0 saturated heterocycles. The van der Waals surface area contributed by atoms with Crippen molar-refractivity contribution in [2.75, 3.05) is 0 Å². The van der Waals surface area contributed by atoms with E-state index < -0.39 is 18.1 Å². The van der Waals surface area contributed by atoms with Gasteiger partial charge >= 0.3 is 6.43 Å². The summed E-state index contributed by atoms with van der Waals surface area (Å²) in [5, 5.41) is 21.3. The van der Waals surface area contributed by atoms with Gasteiger partial charge in [-0.2, -0.15) is 13.6 Å². The highest BCUT2D eigenvalue weighted by Gasteiger charge is 2.20. The number of nitrogens with zero attached hydrogens (tertiary/aromatic N) is 7. The van der Waals surface area contributed by atoms with Gasteiger partial charge in [-0.05, 0) is 41.3 Å². The highest BCUT2D eigenvalue weighted by atomic mass is 19.3. The van der Waals surface area contributed by atoms with Crippen LogP contribution in [0.3, 0.4) is 0 Å². The van der Waals surface area contributed by atoms with Crippen molar-refractivity contribution < 1.29 is 17.6 Å². The van der Waals surface area contributed by atoms with Gasteiger partial charge in [-0.3, -0.25) is 4.98 Å². The summed E-state index contributed by atoms with van der Waals surface area (Å²) >= 11 is 0. The first-order valence-electron chi connectivity index (χ1n) is 9.51. The average Bonchev–Trinajstić information content (AvgIpc) is 3.46. The molecule has 0 aliphatic heterocycles. The quantitative estimate of drug-likeness (QED) is 0.403. The summed E-state index contributed by atoms with van der Waals surface area (Å²) in [5.41, 5.74) is 1.89. The Morgan fingerprint density at radius 2 is 1.91 bits per heavy atom. The molecule has 2 aromatic carbocycles. The monoisotopic (exact) mass is 437 g/mol. The van der Waals surface area contributed by atoms with E-state index in [1.165, 1.54) is 10.9 Å². The van der Waals surface area contributed by atoms with E-state index in [1.54, 1.807) is 25.4 Å². The number of hydrogen-bond donors (Lipinski definition) is 0. The zero-order valence-corrected chi connectivity index (χ0v) is 16.6. The number of aromatic nitrogens is 7. The summed E-state index contributed by atoms with van der Waals surface area (Å²) in [5.74, 6) is -1.16. The van der Waals surface area contributed by atoms with E-state index in [1.807, 2.05) is 24.3 Å². The number of tetrazole rings is 1. The normalized spacial score (nSPS) is 11.5. The molecule has 5 rings (SSSR count). The zero-order valence-electron chi connectivity index (χ0n) is 16.6. The Balaban J connectivity index is 1.40. The molecule has 0 aliphatic carbocycles. The summed E-state index contributed by atoms with van der Waals surface area (Å²) in [6.45, 7) is 1.72. The van der Waals surface area contributed by atoms with Gasteiger partial charge in [0.1, 0.15) is 5.82 Å². The van der Waals surface area contributed by atoms with Crippen LogP contribution in [-0.2, 0) is 6.54 Å². The van der Waals surface area contributed by atoms with E-state index in [0.717, 1.165) is 16.3 Å². The molecule has 0 radical (unpaired) electrons. The topological polar surface area (TPSA) is 95.4 Å². The van der Waals surface area contributed by atoms with E-state index in [4.69, 9.17) is 4.42 Å². The standard InChI is InChI=1S/C21H14F3N7O/c1-11-6-15(17(22)8-16(11)20-27-28-21(32-20)18(23)24)10-31-29-19(26-30-31)13-2-3-14-9-25-5-4-12(14)7-13/h2-9,18H,10H2,1H3. The minimum Gasteiger partial charge on any atom is -0.415 e. The van der Waals surface area contributed by atoms with Gasteiger partial charge in [0.2, 0.25) is 11.7 Å². The van der Waals surface area contributed by atoms with Crippen LogP contribution in [0.15, 0.2) is 53.2 Å². The molecule has 0 unspecified atom stereocenters. The molecule has 0 fully saturated rings. The molecule has 0 bridgehead atoms. The van der Waals surface area contributed by atoms with Crippen molar-refractivity contribution in [3.8, 4) is 22.8 Å². The van der Waals surface area contributed by atoms with E-state index in [2.05, 4.69) is 30.6 Å². The van der Waals surface area contributed by atoms with Gasteiger partial charge in [0.25, 0.3) is 5.89 Å². The molecule has 0 aliphatic rings. The number of alkyl halides is 2. The molecule has 160 valence electrons. The maximum absolute atomic E-state index is 14.7. The van der Waals surface area contributed by atoms with Crippen molar-refractivity contribution in [2.24, 2.45) is 0 Å². The van der Waals surface area contributed by atoms with Crippen LogP contribution in [0.1, 0.15) is 23.4 Å². The highest BCUT2D eigenvalue weighted by molar-refractivity contribution is 5.85. The van der Waals surface area contributed by atoms with Crippen molar-refractivity contribution in [3.63, 3.8) is 0 Å². The van der Waals surface area contributed by atoms with Crippen LogP contribution in [0.25, 0.3) is 33.6 Å². The van der Waals surface area contributed by atoms with Gasteiger partial charge in [0.05, 0.1) is 6.54 Å². The number of fused-ring (bicyclic) bond motifs is 1. The fourth-order valence-electron chi connectivity index (χ4n) is 3.33. The van der Waals surface area contributed by atoms with Gasteiger partial charge in [0.15, 0.2) is 0 Å². The van der Waals surface area contributed by atoms with Crippen molar-refractivity contribution in [1.29, 1.82) is 0 Å². The lowest BCUT2D eigenvalue weighted by Crippen LogP contribution is -2.07. The van der Waals surface area contributed by atoms with Crippen LogP contribution in [0.4, 0.5) is 13.2 Å². The Morgan fingerprint density at radius 3 is 2.72 bits per heavy atom. The number of rotatable bonds is 5. The molecule has 0 N–H and O–H groups in total. The van der Waals surface area contributed by atoms with Gasteiger partial charge in [-0.1, -0.05) is 18.2 Å². The third kappa shape index (κ3) is 3.68. The lowest BCUT2D eigenvalue weighted by Gasteiger charge is -2.07. The lowest BCUT2D eigenvalue weighted by molar-refractivity contribution is 0.116. The maximum Gasteiger partial charge on any atom is 0.314 e. The molecule has 0 saturated carbocycles. The molecule has 3 aromatic heterocycles. The van der Waals surface area contributed by atoms with E-state index >= 15 is 0 Å². The Kier molecular flexibility index (Phi) is 4.85.